The number of esters is 1. The number of hydrogen-bond donors (Lipinski definition) is 2. The zero-order valence-corrected chi connectivity index (χ0v) is 16.4. The van der Waals surface area contributed by atoms with Gasteiger partial charge in [0.15, 0.2) is 6.10 Å². The van der Waals surface area contributed by atoms with E-state index in [1.54, 1.807) is 26.0 Å². The van der Waals surface area contributed by atoms with Crippen LogP contribution in [0, 0.1) is 13.8 Å². The van der Waals surface area contributed by atoms with E-state index >= 15 is 0 Å². The van der Waals surface area contributed by atoms with Gasteiger partial charge in [0, 0.05) is 0 Å². The Hall–Kier alpha value is -1.58. The third-order valence-electron chi connectivity index (χ3n) is 3.52. The molecular formula is C16H24N2O5S2. The summed E-state index contributed by atoms with van der Waals surface area (Å²) in [5.74, 6) is -1.08. The molecule has 0 saturated carbocycles. The second-order valence-corrected chi connectivity index (χ2v) is 8.37. The predicted molar refractivity (Wildman–Crippen MR) is 97.8 cm³/mol. The molecule has 140 valence electrons. The zero-order valence-electron chi connectivity index (χ0n) is 14.7. The molecule has 1 aromatic carbocycles. The number of rotatable bonds is 9. The summed E-state index contributed by atoms with van der Waals surface area (Å²) in [5, 5.41) is 0. The highest BCUT2D eigenvalue weighted by Gasteiger charge is 2.29. The molecular weight excluding hydrogens is 364 g/mol. The maximum atomic E-state index is 12.7. The quantitative estimate of drug-likeness (QED) is 0.613. The number of ether oxygens (including phenoxy) is 1. The summed E-state index contributed by atoms with van der Waals surface area (Å²) in [5.41, 5.74) is 6.44. The fourth-order valence-corrected chi connectivity index (χ4v) is 4.04. The number of carbonyl (C=O) groups excluding carboxylic acids is 2. The van der Waals surface area contributed by atoms with Crippen molar-refractivity contribution >= 4 is 33.7 Å². The van der Waals surface area contributed by atoms with E-state index < -0.39 is 34.0 Å². The summed E-state index contributed by atoms with van der Waals surface area (Å²) in [6, 6.07) is 3.95. The van der Waals surface area contributed by atoms with Gasteiger partial charge in [0.05, 0.1) is 4.90 Å². The number of benzene rings is 1. The Morgan fingerprint density at radius 2 is 1.96 bits per heavy atom. The lowest BCUT2D eigenvalue weighted by Gasteiger charge is -2.20. The molecule has 0 aliphatic heterocycles. The van der Waals surface area contributed by atoms with Crippen LogP contribution in [-0.4, -0.2) is 44.4 Å². The highest BCUT2D eigenvalue weighted by atomic mass is 32.2. The van der Waals surface area contributed by atoms with Crippen LogP contribution in [0.4, 0.5) is 0 Å². The molecule has 0 aliphatic carbocycles. The number of nitrogens with one attached hydrogen (secondary N) is 1. The average Bonchev–Trinajstić information content (AvgIpc) is 2.53. The number of carbonyl (C=O) groups is 2. The van der Waals surface area contributed by atoms with Crippen LogP contribution in [0.25, 0.3) is 0 Å². The van der Waals surface area contributed by atoms with Gasteiger partial charge in [-0.1, -0.05) is 12.1 Å². The van der Waals surface area contributed by atoms with Crippen molar-refractivity contribution in [3.8, 4) is 0 Å². The number of hydrogen-bond acceptors (Lipinski definition) is 6. The van der Waals surface area contributed by atoms with Crippen molar-refractivity contribution in [2.24, 2.45) is 5.73 Å². The zero-order chi connectivity index (χ0) is 19.2. The van der Waals surface area contributed by atoms with E-state index in [-0.39, 0.29) is 11.3 Å². The van der Waals surface area contributed by atoms with E-state index in [4.69, 9.17) is 10.5 Å². The monoisotopic (exact) mass is 388 g/mol. The molecule has 1 rings (SSSR count). The van der Waals surface area contributed by atoms with Gasteiger partial charge >= 0.3 is 5.97 Å². The largest absolute Gasteiger partial charge is 0.451 e. The maximum Gasteiger partial charge on any atom is 0.324 e. The number of nitrogens with two attached hydrogens (primary N) is 1. The summed E-state index contributed by atoms with van der Waals surface area (Å²) in [4.78, 5) is 23.4. The molecule has 0 unspecified atom stereocenters. The lowest BCUT2D eigenvalue weighted by molar-refractivity contribution is -0.155. The molecule has 1 aromatic rings. The molecule has 0 saturated heterocycles. The van der Waals surface area contributed by atoms with E-state index in [0.29, 0.717) is 11.3 Å². The van der Waals surface area contributed by atoms with Crippen molar-refractivity contribution in [3.63, 3.8) is 0 Å². The first-order chi connectivity index (χ1) is 11.6. The standard InChI is InChI=1S/C16H24N2O5S2/c1-10-5-6-11(2)14(9-10)25(21,22)18-13(7-8-24-4)16(20)23-12(3)15(17)19/h5-6,9,12-13,18H,7-8H2,1-4H3,(H2,17,19)/t12-,13+/m0/s1. The van der Waals surface area contributed by atoms with Crippen molar-refractivity contribution in [1.29, 1.82) is 0 Å². The van der Waals surface area contributed by atoms with Crippen molar-refractivity contribution < 1.29 is 22.7 Å². The molecule has 0 aliphatic rings. The third kappa shape index (κ3) is 6.33. The first kappa shape index (κ1) is 21.5. The molecule has 0 fully saturated rings. The number of primary amides is 1. The van der Waals surface area contributed by atoms with Crippen LogP contribution < -0.4 is 10.5 Å². The minimum absolute atomic E-state index is 0.109. The lowest BCUT2D eigenvalue weighted by Crippen LogP contribution is -2.44. The Morgan fingerprint density at radius 1 is 1.32 bits per heavy atom. The molecule has 3 N–H and O–H groups in total. The van der Waals surface area contributed by atoms with E-state index in [1.165, 1.54) is 18.7 Å². The van der Waals surface area contributed by atoms with Crippen molar-refractivity contribution in [1.82, 2.24) is 4.72 Å². The second kappa shape index (κ2) is 9.21. The summed E-state index contributed by atoms with van der Waals surface area (Å²) in [7, 11) is -3.92. The Labute approximate surface area is 152 Å². The molecule has 0 heterocycles. The molecule has 0 spiro atoms. The fraction of sp³-hybridized carbons (Fsp3) is 0.500. The van der Waals surface area contributed by atoms with Crippen LogP contribution >= 0.6 is 11.8 Å². The van der Waals surface area contributed by atoms with E-state index in [2.05, 4.69) is 4.72 Å². The van der Waals surface area contributed by atoms with Crippen LogP contribution in [0.5, 0.6) is 0 Å². The molecule has 0 bridgehead atoms. The first-order valence-electron chi connectivity index (χ1n) is 7.66. The van der Waals surface area contributed by atoms with Crippen molar-refractivity contribution in [2.75, 3.05) is 12.0 Å². The summed E-state index contributed by atoms with van der Waals surface area (Å²) in [6.07, 6.45) is 0.943. The minimum Gasteiger partial charge on any atom is -0.451 e. The molecule has 0 radical (unpaired) electrons. The smallest absolute Gasteiger partial charge is 0.324 e. The van der Waals surface area contributed by atoms with Gasteiger partial charge in [0.1, 0.15) is 6.04 Å². The Kier molecular flexibility index (Phi) is 7.91. The highest BCUT2D eigenvalue weighted by Crippen LogP contribution is 2.18. The van der Waals surface area contributed by atoms with Gasteiger partial charge in [-0.25, -0.2) is 8.42 Å². The SMILES string of the molecule is CSCC[C@@H](NS(=O)(=O)c1cc(C)ccc1C)C(=O)O[C@@H](C)C(N)=O. The third-order valence-corrected chi connectivity index (χ3v) is 5.78. The van der Waals surface area contributed by atoms with Gasteiger partial charge < -0.3 is 10.5 Å². The summed E-state index contributed by atoms with van der Waals surface area (Å²) < 4.78 is 32.7. The van der Waals surface area contributed by atoms with Crippen LogP contribution in [0.1, 0.15) is 24.5 Å². The second-order valence-electron chi connectivity index (χ2n) is 5.71. The average molecular weight is 389 g/mol. The molecule has 2 atom stereocenters. The van der Waals surface area contributed by atoms with Gasteiger partial charge in [-0.3, -0.25) is 9.59 Å². The van der Waals surface area contributed by atoms with Gasteiger partial charge in [-0.15, -0.1) is 0 Å². The number of amides is 1. The highest BCUT2D eigenvalue weighted by molar-refractivity contribution is 7.98. The molecule has 7 nitrogen and oxygen atoms in total. The molecule has 0 aromatic heterocycles. The van der Waals surface area contributed by atoms with Gasteiger partial charge in [-0.05, 0) is 56.4 Å². The normalized spacial score (nSPS) is 13.9. The summed E-state index contributed by atoms with van der Waals surface area (Å²) >= 11 is 1.47. The fourth-order valence-electron chi connectivity index (χ4n) is 2.02. The van der Waals surface area contributed by atoms with Gasteiger partial charge in [-0.2, -0.15) is 16.5 Å². The van der Waals surface area contributed by atoms with Crippen molar-refractivity contribution in [3.05, 3.63) is 29.3 Å². The topological polar surface area (TPSA) is 116 Å². The number of sulfonamides is 1. The maximum absolute atomic E-state index is 12.7. The van der Waals surface area contributed by atoms with Crippen LogP contribution in [0.15, 0.2) is 23.1 Å². The molecule has 9 heteroatoms. The Bertz CT molecular complexity index is 734. The van der Waals surface area contributed by atoms with Gasteiger partial charge in [0.25, 0.3) is 5.91 Å². The predicted octanol–water partition coefficient (Wildman–Crippen LogP) is 1.12. The van der Waals surface area contributed by atoms with Crippen LogP contribution in [0.2, 0.25) is 0 Å². The summed E-state index contributed by atoms with van der Waals surface area (Å²) in [6.45, 7) is 4.80. The first-order valence-corrected chi connectivity index (χ1v) is 10.5. The minimum atomic E-state index is -3.92. The number of aryl methyl sites for hydroxylation is 2. The van der Waals surface area contributed by atoms with E-state index in [9.17, 15) is 18.0 Å². The number of thioether (sulfide) groups is 1. The van der Waals surface area contributed by atoms with Gasteiger partial charge in [0.2, 0.25) is 10.0 Å². The molecule has 25 heavy (non-hydrogen) atoms. The van der Waals surface area contributed by atoms with E-state index in [0.717, 1.165) is 5.56 Å². The van der Waals surface area contributed by atoms with Crippen LogP contribution in [0.3, 0.4) is 0 Å². The Morgan fingerprint density at radius 3 is 2.52 bits per heavy atom. The Balaban J connectivity index is 3.05. The van der Waals surface area contributed by atoms with E-state index in [1.807, 2.05) is 12.3 Å². The molecule has 1 amide bonds. The van der Waals surface area contributed by atoms with Crippen LogP contribution in [-0.2, 0) is 24.3 Å². The van der Waals surface area contributed by atoms with Crippen molar-refractivity contribution in [2.45, 2.75) is 44.2 Å². The lowest BCUT2D eigenvalue weighted by atomic mass is 10.2.